The van der Waals surface area contributed by atoms with E-state index in [0.717, 1.165) is 15.8 Å². The molecule has 0 spiro atoms. The fourth-order valence-electron chi connectivity index (χ4n) is 3.14. The van der Waals surface area contributed by atoms with Gasteiger partial charge < -0.3 is 25.1 Å². The number of nitrogens with zero attached hydrogens (tertiary/aromatic N) is 2. The summed E-state index contributed by atoms with van der Waals surface area (Å²) in [5, 5.41) is 12.3. The molecule has 2 fully saturated rings. The first-order chi connectivity index (χ1) is 10.5. The minimum atomic E-state index is -0.689. The van der Waals surface area contributed by atoms with Crippen LogP contribution >= 0.6 is 11.3 Å². The Labute approximate surface area is 131 Å². The summed E-state index contributed by atoms with van der Waals surface area (Å²) in [6, 6.07) is 0. The number of fused-ring (bicyclic) bond motifs is 2. The van der Waals surface area contributed by atoms with Crippen molar-refractivity contribution in [1.29, 1.82) is 0 Å². The third kappa shape index (κ3) is 2.03. The molecule has 0 radical (unpaired) electrons. The van der Waals surface area contributed by atoms with E-state index >= 15 is 0 Å². The number of aliphatic hydroxyl groups excluding tert-OH is 1. The Morgan fingerprint density at radius 2 is 2.09 bits per heavy atom. The first kappa shape index (κ1) is 14.3. The van der Waals surface area contributed by atoms with E-state index in [4.69, 9.17) is 19.9 Å². The zero-order valence-electron chi connectivity index (χ0n) is 12.2. The minimum absolute atomic E-state index is 0.114. The number of thiophene rings is 1. The zero-order chi connectivity index (χ0) is 15.5. The summed E-state index contributed by atoms with van der Waals surface area (Å²) in [6.45, 7) is 3.62. The van der Waals surface area contributed by atoms with Crippen molar-refractivity contribution in [3.8, 4) is 0 Å². The van der Waals surface area contributed by atoms with Crippen molar-refractivity contribution >= 4 is 28.1 Å². The van der Waals surface area contributed by atoms with Crippen molar-refractivity contribution in [1.82, 2.24) is 9.97 Å². The molecule has 0 aromatic carbocycles. The molecule has 0 unspecified atom stereocenters. The number of nitrogens with two attached hydrogens (primary N) is 1. The monoisotopic (exact) mass is 323 g/mol. The highest BCUT2D eigenvalue weighted by Gasteiger charge is 2.56. The van der Waals surface area contributed by atoms with Crippen LogP contribution in [0.2, 0.25) is 0 Å². The van der Waals surface area contributed by atoms with Gasteiger partial charge in [0.2, 0.25) is 0 Å². The number of aliphatic hydroxyl groups is 1. The van der Waals surface area contributed by atoms with Crippen LogP contribution in [-0.2, 0) is 14.2 Å². The maximum atomic E-state index is 9.55. The van der Waals surface area contributed by atoms with Crippen molar-refractivity contribution in [3.63, 3.8) is 0 Å². The molecule has 0 bridgehead atoms. The van der Waals surface area contributed by atoms with E-state index in [9.17, 15) is 5.11 Å². The van der Waals surface area contributed by atoms with Crippen LogP contribution in [0, 0.1) is 0 Å². The van der Waals surface area contributed by atoms with Crippen LogP contribution in [-0.4, -0.2) is 45.8 Å². The smallest absolute Gasteiger partial charge is 0.164 e. The normalized spacial score (nSPS) is 33.4. The quantitative estimate of drug-likeness (QED) is 0.857. The summed E-state index contributed by atoms with van der Waals surface area (Å²) in [4.78, 5) is 9.26. The molecule has 2 saturated heterocycles. The maximum absolute atomic E-state index is 9.55. The summed E-state index contributed by atoms with van der Waals surface area (Å²) in [5.74, 6) is -0.240. The Morgan fingerprint density at radius 3 is 2.86 bits per heavy atom. The number of aromatic nitrogens is 2. The molecule has 4 rings (SSSR count). The number of anilines is 1. The second-order valence-electron chi connectivity index (χ2n) is 5.96. The highest BCUT2D eigenvalue weighted by molar-refractivity contribution is 7.11. The molecular formula is C14H17N3O4S. The highest BCUT2D eigenvalue weighted by atomic mass is 32.1. The van der Waals surface area contributed by atoms with Gasteiger partial charge in [-0.3, -0.25) is 0 Å². The van der Waals surface area contributed by atoms with E-state index in [1.54, 1.807) is 0 Å². The minimum Gasteiger partial charge on any atom is -0.394 e. The molecule has 22 heavy (non-hydrogen) atoms. The molecule has 118 valence electrons. The van der Waals surface area contributed by atoms with Gasteiger partial charge >= 0.3 is 0 Å². The van der Waals surface area contributed by atoms with Crippen molar-refractivity contribution in [3.05, 3.63) is 16.6 Å². The average molecular weight is 323 g/mol. The van der Waals surface area contributed by atoms with Gasteiger partial charge in [-0.25, -0.2) is 9.97 Å². The van der Waals surface area contributed by atoms with E-state index < -0.39 is 11.9 Å². The van der Waals surface area contributed by atoms with Crippen LogP contribution in [0.4, 0.5) is 5.82 Å². The molecule has 0 saturated carbocycles. The molecule has 0 amide bonds. The summed E-state index contributed by atoms with van der Waals surface area (Å²) >= 11 is 1.51. The number of hydrogen-bond donors (Lipinski definition) is 2. The van der Waals surface area contributed by atoms with Crippen molar-refractivity contribution in [2.24, 2.45) is 0 Å². The SMILES string of the molecule is CC1(C)O[C@@H]2[C@H](O1)[C@@H](CO)O[C@H]2c1scc2c(N)ncnc12. The van der Waals surface area contributed by atoms with Crippen LogP contribution in [0.1, 0.15) is 24.8 Å². The van der Waals surface area contributed by atoms with E-state index in [-0.39, 0.29) is 24.9 Å². The topological polar surface area (TPSA) is 99.7 Å². The van der Waals surface area contributed by atoms with Crippen LogP contribution in [0.3, 0.4) is 0 Å². The summed E-state index contributed by atoms with van der Waals surface area (Å²) in [7, 11) is 0. The lowest BCUT2D eigenvalue weighted by Gasteiger charge is -2.23. The number of hydrogen-bond acceptors (Lipinski definition) is 8. The van der Waals surface area contributed by atoms with Crippen LogP contribution < -0.4 is 5.73 Å². The molecule has 8 heteroatoms. The standard InChI is InChI=1S/C14H17N3O4S/c1-14(2)20-9-7(3-18)19-11(10(9)21-14)12-8-6(4-22-12)13(15)17-5-16-8/h4-5,7,9-11,18H,3H2,1-2H3,(H2,15,16,17)/t7-,9-,10-,11-/m1/s1. The van der Waals surface area contributed by atoms with Gasteiger partial charge in [-0.2, -0.15) is 0 Å². The Kier molecular flexibility index (Phi) is 3.14. The van der Waals surface area contributed by atoms with Gasteiger partial charge in [0.1, 0.15) is 36.6 Å². The first-order valence-electron chi connectivity index (χ1n) is 7.09. The lowest BCUT2D eigenvalue weighted by atomic mass is 10.1. The van der Waals surface area contributed by atoms with Gasteiger partial charge in [-0.1, -0.05) is 0 Å². The molecule has 2 aromatic heterocycles. The maximum Gasteiger partial charge on any atom is 0.164 e. The Morgan fingerprint density at radius 1 is 1.32 bits per heavy atom. The fourth-order valence-corrected chi connectivity index (χ4v) is 4.22. The van der Waals surface area contributed by atoms with Crippen LogP contribution in [0.25, 0.3) is 10.9 Å². The molecule has 4 heterocycles. The van der Waals surface area contributed by atoms with Crippen molar-refractivity contribution < 1.29 is 19.3 Å². The second-order valence-corrected chi connectivity index (χ2v) is 6.87. The van der Waals surface area contributed by atoms with Crippen molar-refractivity contribution in [2.75, 3.05) is 12.3 Å². The molecule has 4 atom stereocenters. The second kappa shape index (κ2) is 4.84. The molecule has 7 nitrogen and oxygen atoms in total. The molecule has 2 aromatic rings. The number of rotatable bonds is 2. The molecule has 3 N–H and O–H groups in total. The van der Waals surface area contributed by atoms with Gasteiger partial charge in [0.15, 0.2) is 5.79 Å². The van der Waals surface area contributed by atoms with Gasteiger partial charge in [0, 0.05) is 5.38 Å². The Hall–Kier alpha value is -1.32. The molecular weight excluding hydrogens is 306 g/mol. The zero-order valence-corrected chi connectivity index (χ0v) is 13.0. The fraction of sp³-hybridized carbons (Fsp3) is 0.571. The largest absolute Gasteiger partial charge is 0.394 e. The molecule has 0 aliphatic carbocycles. The first-order valence-corrected chi connectivity index (χ1v) is 7.97. The lowest BCUT2D eigenvalue weighted by Crippen LogP contribution is -2.31. The number of nitrogen functional groups attached to an aromatic ring is 1. The predicted molar refractivity (Wildman–Crippen MR) is 80.4 cm³/mol. The summed E-state index contributed by atoms with van der Waals surface area (Å²) < 4.78 is 17.8. The predicted octanol–water partition coefficient (Wildman–Crippen LogP) is 1.23. The van der Waals surface area contributed by atoms with E-state index in [1.165, 1.54) is 17.7 Å². The van der Waals surface area contributed by atoms with Gasteiger partial charge in [-0.15, -0.1) is 11.3 Å². The molecule has 2 aliphatic rings. The number of ether oxygens (including phenoxy) is 3. The summed E-state index contributed by atoms with van der Waals surface area (Å²) in [6.07, 6.45) is 0.139. The van der Waals surface area contributed by atoms with Crippen LogP contribution in [0.5, 0.6) is 0 Å². The van der Waals surface area contributed by atoms with Gasteiger partial charge in [-0.05, 0) is 13.8 Å². The summed E-state index contributed by atoms with van der Waals surface area (Å²) in [5.41, 5.74) is 6.66. The van der Waals surface area contributed by atoms with Gasteiger partial charge in [0.25, 0.3) is 0 Å². The third-order valence-corrected chi connectivity index (χ3v) is 5.07. The third-order valence-electron chi connectivity index (χ3n) is 4.04. The van der Waals surface area contributed by atoms with E-state index in [0.29, 0.717) is 5.82 Å². The van der Waals surface area contributed by atoms with Crippen molar-refractivity contribution in [2.45, 2.75) is 44.1 Å². The average Bonchev–Trinajstić information content (AvgIpc) is 3.10. The molecule has 2 aliphatic heterocycles. The lowest BCUT2D eigenvalue weighted by molar-refractivity contribution is -0.190. The Balaban J connectivity index is 1.77. The van der Waals surface area contributed by atoms with E-state index in [2.05, 4.69) is 9.97 Å². The van der Waals surface area contributed by atoms with E-state index in [1.807, 2.05) is 19.2 Å². The van der Waals surface area contributed by atoms with Gasteiger partial charge in [0.05, 0.1) is 22.4 Å². The Bertz CT molecular complexity index is 719. The van der Waals surface area contributed by atoms with Crippen LogP contribution in [0.15, 0.2) is 11.7 Å². The highest BCUT2D eigenvalue weighted by Crippen LogP contribution is 2.48.